The molecule has 2 aromatic heterocycles. The van der Waals surface area contributed by atoms with E-state index in [2.05, 4.69) is 30.3 Å². The molecule has 0 bridgehead atoms. The molecule has 0 aliphatic carbocycles. The summed E-state index contributed by atoms with van der Waals surface area (Å²) in [5.41, 5.74) is 2.47. The minimum Gasteiger partial charge on any atom is -0.506 e. The number of nitrogens with one attached hydrogen (secondary N) is 2. The number of carbonyl (C=O) groups excluding carboxylic acids is 1. The Morgan fingerprint density at radius 1 is 0.762 bits per heavy atom. The van der Waals surface area contributed by atoms with Crippen LogP contribution in [0, 0.1) is 0 Å². The second kappa shape index (κ2) is 12.5. The van der Waals surface area contributed by atoms with Crippen molar-refractivity contribution in [2.24, 2.45) is 0 Å². The largest absolute Gasteiger partial charge is 0.506 e. The summed E-state index contributed by atoms with van der Waals surface area (Å²) in [4.78, 5) is 37.8. The van der Waals surface area contributed by atoms with Gasteiger partial charge in [0.15, 0.2) is 0 Å². The van der Waals surface area contributed by atoms with Gasteiger partial charge in [0, 0.05) is 79.7 Å². The lowest BCUT2D eigenvalue weighted by molar-refractivity contribution is 0.102. The first-order valence-electron chi connectivity index (χ1n) is 14.1. The molecule has 0 radical (unpaired) electrons. The fourth-order valence-corrected chi connectivity index (χ4v) is 5.27. The molecule has 2 aliphatic rings. The molecular formula is C30H32ClN9O2. The van der Waals surface area contributed by atoms with Crippen LogP contribution in [0.4, 0.5) is 34.9 Å². The van der Waals surface area contributed by atoms with Gasteiger partial charge in [-0.25, -0.2) is 0 Å². The predicted octanol–water partition coefficient (Wildman–Crippen LogP) is 4.94. The molecule has 1 amide bonds. The standard InChI is InChI=1S/C30H32ClN9O2/c31-22-6-4-21(5-7-22)27(42)34-25-9-8-23(20-26(25)41)33-28-35-29(39-14-2-1-3-15-39)37-30(36-28)40-18-16-38(17-19-40)24-10-12-32-13-11-24/h4-13,20,41H,1-3,14-19H2,(H,34,42)(H,33,35,36,37). The first-order chi connectivity index (χ1) is 20.5. The Kier molecular flexibility index (Phi) is 8.18. The molecular weight excluding hydrogens is 554 g/mol. The zero-order valence-electron chi connectivity index (χ0n) is 23.1. The molecule has 42 heavy (non-hydrogen) atoms. The van der Waals surface area contributed by atoms with Crippen molar-refractivity contribution in [3.05, 3.63) is 77.6 Å². The van der Waals surface area contributed by atoms with E-state index in [0.717, 1.165) is 57.8 Å². The van der Waals surface area contributed by atoms with Crippen LogP contribution in [0.5, 0.6) is 5.75 Å². The lowest BCUT2D eigenvalue weighted by Gasteiger charge is -2.36. The number of amides is 1. The third kappa shape index (κ3) is 6.46. The van der Waals surface area contributed by atoms with Crippen molar-refractivity contribution in [3.63, 3.8) is 0 Å². The van der Waals surface area contributed by atoms with Crippen LogP contribution in [0.25, 0.3) is 0 Å². The van der Waals surface area contributed by atoms with E-state index in [1.165, 1.54) is 12.5 Å². The Morgan fingerprint density at radius 2 is 1.40 bits per heavy atom. The smallest absolute Gasteiger partial charge is 0.255 e. The fourth-order valence-electron chi connectivity index (χ4n) is 5.15. The van der Waals surface area contributed by atoms with Crippen molar-refractivity contribution in [2.45, 2.75) is 19.3 Å². The van der Waals surface area contributed by atoms with Gasteiger partial charge >= 0.3 is 0 Å². The van der Waals surface area contributed by atoms with Gasteiger partial charge in [0.05, 0.1) is 5.69 Å². The van der Waals surface area contributed by atoms with E-state index in [-0.39, 0.29) is 17.3 Å². The Labute approximate surface area is 249 Å². The monoisotopic (exact) mass is 585 g/mol. The number of carbonyl (C=O) groups is 1. The molecule has 0 unspecified atom stereocenters. The van der Waals surface area contributed by atoms with Gasteiger partial charge in [0.25, 0.3) is 5.91 Å². The van der Waals surface area contributed by atoms with Gasteiger partial charge in [0.2, 0.25) is 17.8 Å². The summed E-state index contributed by atoms with van der Waals surface area (Å²) in [5, 5.41) is 17.2. The van der Waals surface area contributed by atoms with Crippen molar-refractivity contribution in [2.75, 3.05) is 64.6 Å². The molecule has 2 aliphatic heterocycles. The summed E-state index contributed by atoms with van der Waals surface area (Å²) in [6.07, 6.45) is 7.04. The number of pyridine rings is 1. The number of nitrogens with zero attached hydrogens (tertiary/aromatic N) is 7. The number of aromatic hydroxyl groups is 1. The van der Waals surface area contributed by atoms with Gasteiger partial charge in [-0.2, -0.15) is 15.0 Å². The highest BCUT2D eigenvalue weighted by molar-refractivity contribution is 6.30. The summed E-state index contributed by atoms with van der Waals surface area (Å²) in [7, 11) is 0. The molecule has 12 heteroatoms. The fraction of sp³-hybridized carbons (Fsp3) is 0.300. The normalized spacial score (nSPS) is 15.4. The highest BCUT2D eigenvalue weighted by Crippen LogP contribution is 2.30. The van der Waals surface area contributed by atoms with Gasteiger partial charge in [0.1, 0.15) is 5.75 Å². The maximum atomic E-state index is 12.6. The number of phenolic OH excluding ortho intramolecular Hbond substituents is 1. The molecule has 4 aromatic rings. The van der Waals surface area contributed by atoms with Crippen molar-refractivity contribution >= 4 is 52.4 Å². The van der Waals surface area contributed by atoms with Crippen LogP contribution in [-0.4, -0.2) is 70.2 Å². The van der Waals surface area contributed by atoms with Crippen molar-refractivity contribution in [1.29, 1.82) is 0 Å². The minimum absolute atomic E-state index is 0.0833. The quantitative estimate of drug-likeness (QED) is 0.257. The summed E-state index contributed by atoms with van der Waals surface area (Å²) in [6, 6.07) is 15.5. The summed E-state index contributed by atoms with van der Waals surface area (Å²) in [6.45, 7) is 5.04. The van der Waals surface area contributed by atoms with Crippen LogP contribution in [0.3, 0.4) is 0 Å². The highest BCUT2D eigenvalue weighted by atomic mass is 35.5. The molecule has 11 nitrogen and oxygen atoms in total. The van der Waals surface area contributed by atoms with Crippen LogP contribution >= 0.6 is 11.6 Å². The van der Waals surface area contributed by atoms with Crippen molar-refractivity contribution in [1.82, 2.24) is 19.9 Å². The van der Waals surface area contributed by atoms with E-state index in [9.17, 15) is 9.90 Å². The number of halogens is 1. The first kappa shape index (κ1) is 27.5. The van der Waals surface area contributed by atoms with Crippen LogP contribution < -0.4 is 25.3 Å². The average Bonchev–Trinajstić information content (AvgIpc) is 3.03. The van der Waals surface area contributed by atoms with Crippen molar-refractivity contribution in [3.8, 4) is 5.75 Å². The van der Waals surface area contributed by atoms with Gasteiger partial charge in [-0.1, -0.05) is 11.6 Å². The molecule has 0 spiro atoms. The number of benzene rings is 2. The van der Waals surface area contributed by atoms with E-state index >= 15 is 0 Å². The molecule has 2 fully saturated rings. The number of phenols is 1. The molecule has 2 aromatic carbocycles. The maximum absolute atomic E-state index is 12.6. The van der Waals surface area contributed by atoms with Gasteiger partial charge in [-0.05, 0) is 67.8 Å². The minimum atomic E-state index is -0.347. The lowest BCUT2D eigenvalue weighted by Crippen LogP contribution is -2.47. The second-order valence-corrected chi connectivity index (χ2v) is 10.7. The molecule has 216 valence electrons. The summed E-state index contributed by atoms with van der Waals surface area (Å²) < 4.78 is 0. The van der Waals surface area contributed by atoms with E-state index in [1.807, 2.05) is 24.5 Å². The Bertz CT molecular complexity index is 1520. The third-order valence-corrected chi connectivity index (χ3v) is 7.70. The SMILES string of the molecule is O=C(Nc1ccc(Nc2nc(N3CCCCC3)nc(N3CCN(c4ccncc4)CC3)n2)cc1O)c1ccc(Cl)cc1. The Morgan fingerprint density at radius 3 is 2.07 bits per heavy atom. The number of hydrogen-bond donors (Lipinski definition) is 3. The summed E-state index contributed by atoms with van der Waals surface area (Å²) in [5.74, 6) is 1.24. The van der Waals surface area contributed by atoms with E-state index < -0.39 is 0 Å². The number of hydrogen-bond acceptors (Lipinski definition) is 10. The van der Waals surface area contributed by atoms with Crippen LogP contribution in [0.15, 0.2) is 67.0 Å². The van der Waals surface area contributed by atoms with E-state index in [0.29, 0.717) is 34.1 Å². The van der Waals surface area contributed by atoms with E-state index in [4.69, 9.17) is 26.6 Å². The topological polar surface area (TPSA) is 123 Å². The molecule has 2 saturated heterocycles. The number of piperazine rings is 1. The Hall–Kier alpha value is -4.64. The number of anilines is 6. The molecule has 6 rings (SSSR count). The Balaban J connectivity index is 1.19. The third-order valence-electron chi connectivity index (χ3n) is 7.45. The number of aromatic nitrogens is 4. The van der Waals surface area contributed by atoms with Gasteiger partial charge in [-0.3, -0.25) is 9.78 Å². The molecule has 0 atom stereocenters. The van der Waals surface area contributed by atoms with Crippen LogP contribution in [0.2, 0.25) is 5.02 Å². The lowest BCUT2D eigenvalue weighted by atomic mass is 10.1. The molecule has 3 N–H and O–H groups in total. The van der Waals surface area contributed by atoms with Crippen molar-refractivity contribution < 1.29 is 9.90 Å². The summed E-state index contributed by atoms with van der Waals surface area (Å²) >= 11 is 5.92. The predicted molar refractivity (Wildman–Crippen MR) is 165 cm³/mol. The number of piperidine rings is 1. The molecule has 0 saturated carbocycles. The maximum Gasteiger partial charge on any atom is 0.255 e. The second-order valence-electron chi connectivity index (χ2n) is 10.3. The zero-order chi connectivity index (χ0) is 28.9. The van der Waals surface area contributed by atoms with Crippen LogP contribution in [0.1, 0.15) is 29.6 Å². The highest BCUT2D eigenvalue weighted by Gasteiger charge is 2.23. The first-order valence-corrected chi connectivity index (χ1v) is 14.5. The average molecular weight is 586 g/mol. The van der Waals surface area contributed by atoms with Crippen LogP contribution in [-0.2, 0) is 0 Å². The zero-order valence-corrected chi connectivity index (χ0v) is 23.8. The van der Waals surface area contributed by atoms with Gasteiger partial charge < -0.3 is 30.4 Å². The number of rotatable bonds is 7. The van der Waals surface area contributed by atoms with Gasteiger partial charge in [-0.15, -0.1) is 0 Å². The van der Waals surface area contributed by atoms with E-state index in [1.54, 1.807) is 36.4 Å². The molecule has 4 heterocycles.